The molecule has 1 aromatic carbocycles. The number of ether oxygens (including phenoxy) is 1. The van der Waals surface area contributed by atoms with Gasteiger partial charge in [0.1, 0.15) is 0 Å². The summed E-state index contributed by atoms with van der Waals surface area (Å²) in [6.07, 6.45) is 1.59. The first-order chi connectivity index (χ1) is 9.97. The number of hydrogen-bond acceptors (Lipinski definition) is 3. The van der Waals surface area contributed by atoms with Gasteiger partial charge < -0.3 is 9.84 Å². The van der Waals surface area contributed by atoms with E-state index < -0.39 is 11.4 Å². The monoisotopic (exact) mass is 291 g/mol. The highest BCUT2D eigenvalue weighted by Crippen LogP contribution is 2.22. The van der Waals surface area contributed by atoms with E-state index in [2.05, 4.69) is 29.2 Å². The normalized spacial score (nSPS) is 16.9. The van der Waals surface area contributed by atoms with Gasteiger partial charge in [0.05, 0.1) is 18.6 Å². The fourth-order valence-electron chi connectivity index (χ4n) is 2.52. The van der Waals surface area contributed by atoms with Gasteiger partial charge in [-0.05, 0) is 37.8 Å². The van der Waals surface area contributed by atoms with Crippen LogP contribution in [0.25, 0.3) is 0 Å². The molecule has 0 saturated carbocycles. The lowest BCUT2D eigenvalue weighted by atomic mass is 9.86. The van der Waals surface area contributed by atoms with Crippen LogP contribution in [0.15, 0.2) is 24.3 Å². The first-order valence-corrected chi connectivity index (χ1v) is 7.59. The first-order valence-electron chi connectivity index (χ1n) is 7.59. The molecular weight excluding hydrogens is 266 g/mol. The van der Waals surface area contributed by atoms with Crippen molar-refractivity contribution in [3.63, 3.8) is 0 Å². The maximum Gasteiger partial charge on any atom is 0.309 e. The molecule has 0 spiro atoms. The van der Waals surface area contributed by atoms with Gasteiger partial charge in [-0.3, -0.25) is 9.69 Å². The summed E-state index contributed by atoms with van der Waals surface area (Å²) in [6, 6.07) is 8.35. The number of nitrogens with zero attached hydrogens (tertiary/aromatic N) is 1. The molecule has 0 aliphatic carbocycles. The minimum Gasteiger partial charge on any atom is -0.481 e. The van der Waals surface area contributed by atoms with Crippen LogP contribution in [0.4, 0.5) is 0 Å². The van der Waals surface area contributed by atoms with Crippen molar-refractivity contribution in [1.29, 1.82) is 0 Å². The molecule has 1 heterocycles. The summed E-state index contributed by atoms with van der Waals surface area (Å²) in [4.78, 5) is 13.6. The Kier molecular flexibility index (Phi) is 5.37. The Labute approximate surface area is 126 Å². The third-order valence-electron chi connectivity index (χ3n) is 4.07. The SMILES string of the molecule is CC(C)(Cc1ccc(CCN2CCOCC2)cc1)C(=O)O. The van der Waals surface area contributed by atoms with Gasteiger partial charge in [0, 0.05) is 19.6 Å². The summed E-state index contributed by atoms with van der Waals surface area (Å²) in [5.74, 6) is -0.751. The van der Waals surface area contributed by atoms with Crippen LogP contribution in [0.5, 0.6) is 0 Å². The van der Waals surface area contributed by atoms with Gasteiger partial charge in [0.25, 0.3) is 0 Å². The summed E-state index contributed by atoms with van der Waals surface area (Å²) >= 11 is 0. The fourth-order valence-corrected chi connectivity index (χ4v) is 2.52. The minimum absolute atomic E-state index is 0.562. The molecule has 0 amide bonds. The van der Waals surface area contributed by atoms with Gasteiger partial charge in [0.15, 0.2) is 0 Å². The Balaban J connectivity index is 1.85. The van der Waals surface area contributed by atoms with Gasteiger partial charge in [-0.1, -0.05) is 24.3 Å². The van der Waals surface area contributed by atoms with E-state index in [1.54, 1.807) is 13.8 Å². The number of rotatable bonds is 6. The Bertz CT molecular complexity index is 461. The zero-order valence-corrected chi connectivity index (χ0v) is 13.0. The molecule has 1 aliphatic rings. The Hall–Kier alpha value is -1.39. The number of carboxylic acid groups (broad SMARTS) is 1. The lowest BCUT2D eigenvalue weighted by Gasteiger charge is -2.26. The molecule has 1 fully saturated rings. The van der Waals surface area contributed by atoms with Crippen LogP contribution in [0.2, 0.25) is 0 Å². The number of hydrogen-bond donors (Lipinski definition) is 1. The van der Waals surface area contributed by atoms with E-state index >= 15 is 0 Å². The van der Waals surface area contributed by atoms with E-state index in [1.807, 2.05) is 0 Å². The molecule has 1 aliphatic heterocycles. The summed E-state index contributed by atoms with van der Waals surface area (Å²) in [6.45, 7) is 8.30. The van der Waals surface area contributed by atoms with Gasteiger partial charge >= 0.3 is 5.97 Å². The molecule has 0 radical (unpaired) electrons. The smallest absolute Gasteiger partial charge is 0.309 e. The quantitative estimate of drug-likeness (QED) is 0.873. The molecule has 0 aromatic heterocycles. The fraction of sp³-hybridized carbons (Fsp3) is 0.588. The van der Waals surface area contributed by atoms with Gasteiger partial charge in [-0.25, -0.2) is 0 Å². The number of aliphatic carboxylic acids is 1. The van der Waals surface area contributed by atoms with Crippen molar-refractivity contribution < 1.29 is 14.6 Å². The van der Waals surface area contributed by atoms with Crippen molar-refractivity contribution in [1.82, 2.24) is 4.90 Å². The number of carboxylic acids is 1. The summed E-state index contributed by atoms with van der Waals surface area (Å²) < 4.78 is 5.34. The van der Waals surface area contributed by atoms with Crippen molar-refractivity contribution >= 4 is 5.97 Å². The van der Waals surface area contributed by atoms with Crippen molar-refractivity contribution in [3.05, 3.63) is 35.4 Å². The molecular formula is C17H25NO3. The molecule has 2 rings (SSSR count). The van der Waals surface area contributed by atoms with Crippen LogP contribution in [-0.4, -0.2) is 48.8 Å². The largest absolute Gasteiger partial charge is 0.481 e. The molecule has 116 valence electrons. The molecule has 0 atom stereocenters. The predicted octanol–water partition coefficient (Wildman–Crippen LogP) is 2.21. The zero-order valence-electron chi connectivity index (χ0n) is 13.0. The van der Waals surface area contributed by atoms with Crippen LogP contribution < -0.4 is 0 Å². The van der Waals surface area contributed by atoms with Crippen LogP contribution in [0.3, 0.4) is 0 Å². The molecule has 0 bridgehead atoms. The van der Waals surface area contributed by atoms with Gasteiger partial charge in [0.2, 0.25) is 0 Å². The molecule has 1 saturated heterocycles. The van der Waals surface area contributed by atoms with Crippen molar-refractivity contribution in [2.45, 2.75) is 26.7 Å². The van der Waals surface area contributed by atoms with Gasteiger partial charge in [-0.2, -0.15) is 0 Å². The summed E-state index contributed by atoms with van der Waals surface area (Å²) in [5.41, 5.74) is 1.67. The maximum absolute atomic E-state index is 11.2. The second kappa shape index (κ2) is 7.05. The highest BCUT2D eigenvalue weighted by molar-refractivity contribution is 5.74. The first kappa shape index (κ1) is 16.0. The molecule has 4 nitrogen and oxygen atoms in total. The number of carbonyl (C=O) groups is 1. The molecule has 0 unspecified atom stereocenters. The van der Waals surface area contributed by atoms with Crippen LogP contribution in [0, 0.1) is 5.41 Å². The van der Waals surface area contributed by atoms with E-state index in [1.165, 1.54) is 5.56 Å². The highest BCUT2D eigenvalue weighted by Gasteiger charge is 2.27. The van der Waals surface area contributed by atoms with E-state index in [0.717, 1.165) is 44.8 Å². The number of benzene rings is 1. The topological polar surface area (TPSA) is 49.8 Å². The summed E-state index contributed by atoms with van der Waals surface area (Å²) in [5, 5.41) is 9.17. The lowest BCUT2D eigenvalue weighted by Crippen LogP contribution is -2.37. The van der Waals surface area contributed by atoms with E-state index in [-0.39, 0.29) is 0 Å². The second-order valence-corrected chi connectivity index (χ2v) is 6.39. The maximum atomic E-state index is 11.2. The standard InChI is InChI=1S/C17H25NO3/c1-17(2,16(19)20)13-15-5-3-14(4-6-15)7-8-18-9-11-21-12-10-18/h3-6H,7-13H2,1-2H3,(H,19,20). The van der Waals surface area contributed by atoms with Crippen LogP contribution in [0.1, 0.15) is 25.0 Å². The van der Waals surface area contributed by atoms with Crippen molar-refractivity contribution in [3.8, 4) is 0 Å². The van der Waals surface area contributed by atoms with Gasteiger partial charge in [-0.15, -0.1) is 0 Å². The van der Waals surface area contributed by atoms with Crippen molar-refractivity contribution in [2.75, 3.05) is 32.8 Å². The molecule has 1 N–H and O–H groups in total. The van der Waals surface area contributed by atoms with E-state index in [4.69, 9.17) is 9.84 Å². The number of morpholine rings is 1. The van der Waals surface area contributed by atoms with E-state index in [9.17, 15) is 4.79 Å². The Morgan fingerprint density at radius 2 is 1.76 bits per heavy atom. The third-order valence-corrected chi connectivity index (χ3v) is 4.07. The summed E-state index contributed by atoms with van der Waals surface area (Å²) in [7, 11) is 0. The lowest BCUT2D eigenvalue weighted by molar-refractivity contribution is -0.146. The average molecular weight is 291 g/mol. The predicted molar refractivity (Wildman–Crippen MR) is 82.5 cm³/mol. The Morgan fingerprint density at radius 1 is 1.19 bits per heavy atom. The highest BCUT2D eigenvalue weighted by atomic mass is 16.5. The van der Waals surface area contributed by atoms with E-state index in [0.29, 0.717) is 6.42 Å². The zero-order chi connectivity index (χ0) is 15.3. The molecule has 4 heteroatoms. The van der Waals surface area contributed by atoms with Crippen molar-refractivity contribution in [2.24, 2.45) is 5.41 Å². The molecule has 21 heavy (non-hydrogen) atoms. The minimum atomic E-state index is -0.751. The average Bonchev–Trinajstić information content (AvgIpc) is 2.47. The van der Waals surface area contributed by atoms with Crippen LogP contribution in [-0.2, 0) is 22.4 Å². The molecule has 1 aromatic rings. The van der Waals surface area contributed by atoms with Crippen LogP contribution >= 0.6 is 0 Å². The second-order valence-electron chi connectivity index (χ2n) is 6.39. The third kappa shape index (κ3) is 4.83. The Morgan fingerprint density at radius 3 is 2.33 bits per heavy atom.